The summed E-state index contributed by atoms with van der Waals surface area (Å²) in [7, 11) is 0. The van der Waals surface area contributed by atoms with Gasteiger partial charge >= 0.3 is 0 Å². The molecule has 0 amide bonds. The summed E-state index contributed by atoms with van der Waals surface area (Å²) in [4.78, 5) is 11.0. The minimum Gasteiger partial charge on any atom is -0.507 e. The first-order valence-electron chi connectivity index (χ1n) is 7.34. The molecule has 0 saturated carbocycles. The summed E-state index contributed by atoms with van der Waals surface area (Å²) in [6.07, 6.45) is 0. The van der Waals surface area contributed by atoms with Gasteiger partial charge in [0.1, 0.15) is 5.75 Å². The first kappa shape index (κ1) is 17.9. The van der Waals surface area contributed by atoms with Gasteiger partial charge in [-0.3, -0.25) is 4.79 Å². The van der Waals surface area contributed by atoms with Crippen LogP contribution in [0.3, 0.4) is 0 Å². The molecule has 0 fully saturated rings. The van der Waals surface area contributed by atoms with E-state index in [1.54, 1.807) is 30.3 Å². The number of phenols is 1. The van der Waals surface area contributed by atoms with Crippen molar-refractivity contribution >= 4 is 21.7 Å². The van der Waals surface area contributed by atoms with Crippen LogP contribution in [-0.4, -0.2) is 21.0 Å². The summed E-state index contributed by atoms with van der Waals surface area (Å²) in [5.74, 6) is 0.0132. The summed E-state index contributed by atoms with van der Waals surface area (Å²) in [5.41, 5.74) is 2.43. The molecule has 3 aromatic carbocycles. The molecule has 0 bridgehead atoms. The monoisotopic (exact) mass is 384 g/mol. The Kier molecular flexibility index (Phi) is 6.73. The Hall–Kier alpha value is -2.43. The van der Waals surface area contributed by atoms with Gasteiger partial charge in [0.25, 0.3) is 0 Å². The van der Waals surface area contributed by atoms with E-state index in [1.807, 2.05) is 54.6 Å². The number of aromatic hydroxyl groups is 1. The van der Waals surface area contributed by atoms with Crippen LogP contribution in [0, 0.1) is 0 Å². The Bertz CT molecular complexity index is 771. The van der Waals surface area contributed by atoms with E-state index in [0.29, 0.717) is 11.3 Å². The highest BCUT2D eigenvalue weighted by atomic mass is 79.9. The van der Waals surface area contributed by atoms with Crippen molar-refractivity contribution in [3.05, 3.63) is 90.5 Å². The number of benzene rings is 3. The van der Waals surface area contributed by atoms with Gasteiger partial charge in [-0.05, 0) is 27.6 Å². The molecule has 0 spiro atoms. The van der Waals surface area contributed by atoms with Crippen molar-refractivity contribution in [2.45, 2.75) is 5.01 Å². The molecular weight excluding hydrogens is 368 g/mol. The quantitative estimate of drug-likeness (QED) is 0.510. The Morgan fingerprint density at radius 2 is 1.29 bits per heavy atom. The molecule has 0 saturated heterocycles. The lowest BCUT2D eigenvalue weighted by atomic mass is 10.1. The summed E-state index contributed by atoms with van der Waals surface area (Å²) in [6.45, 7) is 0. The number of carbonyl (C=O) groups excluding carboxylic acids is 1. The number of hydrogen-bond donors (Lipinski definition) is 2. The van der Waals surface area contributed by atoms with E-state index in [1.165, 1.54) is 0 Å². The number of rotatable bonds is 3. The highest BCUT2D eigenvalue weighted by Crippen LogP contribution is 2.27. The van der Waals surface area contributed by atoms with E-state index in [-0.39, 0.29) is 5.78 Å². The second-order valence-corrected chi connectivity index (χ2v) is 5.82. The van der Waals surface area contributed by atoms with Gasteiger partial charge in [-0.1, -0.05) is 78.9 Å². The minimum absolute atomic E-state index is 0.314. The van der Waals surface area contributed by atoms with Crippen molar-refractivity contribution in [1.82, 2.24) is 0 Å². The molecule has 1 unspecified atom stereocenters. The van der Waals surface area contributed by atoms with Crippen molar-refractivity contribution in [2.75, 3.05) is 0 Å². The van der Waals surface area contributed by atoms with Crippen molar-refractivity contribution in [3.63, 3.8) is 0 Å². The molecule has 1 atom stereocenters. The average Bonchev–Trinajstić information content (AvgIpc) is 2.63. The normalized spacial score (nSPS) is 11.1. The molecular formula is C20H17BrO3. The Balaban J connectivity index is 0.000000177. The van der Waals surface area contributed by atoms with Gasteiger partial charge in [-0.15, -0.1) is 0 Å². The van der Waals surface area contributed by atoms with E-state index in [9.17, 15) is 9.90 Å². The summed E-state index contributed by atoms with van der Waals surface area (Å²) < 4.78 is 0. The standard InChI is InChI=1S/C12H10O.C8H7BrO2/c13-12-9-5-4-8-11(12)10-6-2-1-3-7-10;9-8(11)7(10)6-4-2-1-3-5-6/h1-9,13H;1-5,8,11H. The molecule has 0 aliphatic carbocycles. The van der Waals surface area contributed by atoms with Gasteiger partial charge in [-0.25, -0.2) is 0 Å². The first-order chi connectivity index (χ1) is 11.6. The van der Waals surface area contributed by atoms with E-state index >= 15 is 0 Å². The second kappa shape index (κ2) is 9.01. The van der Waals surface area contributed by atoms with Crippen LogP contribution in [0.4, 0.5) is 0 Å². The smallest absolute Gasteiger partial charge is 0.202 e. The number of ketones is 1. The third-order valence-electron chi connectivity index (χ3n) is 3.26. The summed E-state index contributed by atoms with van der Waals surface area (Å²) >= 11 is 2.78. The lowest BCUT2D eigenvalue weighted by molar-refractivity contribution is 0.0875. The third-order valence-corrected chi connectivity index (χ3v) is 3.68. The summed E-state index contributed by atoms with van der Waals surface area (Å²) in [6, 6.07) is 25.8. The highest BCUT2D eigenvalue weighted by Gasteiger charge is 2.11. The summed E-state index contributed by atoms with van der Waals surface area (Å²) in [5, 5.41) is 17.3. The molecule has 24 heavy (non-hydrogen) atoms. The fourth-order valence-corrected chi connectivity index (χ4v) is 2.34. The second-order valence-electron chi connectivity index (χ2n) is 4.95. The molecule has 0 aliphatic heterocycles. The molecule has 4 heteroatoms. The molecule has 0 aliphatic rings. The topological polar surface area (TPSA) is 57.5 Å². The average molecular weight is 385 g/mol. The molecule has 3 nitrogen and oxygen atoms in total. The van der Waals surface area contributed by atoms with Gasteiger partial charge in [0, 0.05) is 11.1 Å². The lowest BCUT2D eigenvalue weighted by Crippen LogP contribution is -2.12. The highest BCUT2D eigenvalue weighted by molar-refractivity contribution is 9.09. The number of phenolic OH excluding ortho intramolecular Hbond substituents is 1. The zero-order valence-electron chi connectivity index (χ0n) is 12.8. The maximum absolute atomic E-state index is 11.0. The number of alkyl halides is 1. The van der Waals surface area contributed by atoms with E-state index < -0.39 is 5.01 Å². The van der Waals surface area contributed by atoms with Crippen LogP contribution in [0.25, 0.3) is 11.1 Å². The molecule has 3 aromatic rings. The molecule has 0 aromatic heterocycles. The fraction of sp³-hybridized carbons (Fsp3) is 0.0500. The molecule has 3 rings (SSSR count). The molecule has 0 heterocycles. The largest absolute Gasteiger partial charge is 0.507 e. The van der Waals surface area contributed by atoms with Crippen LogP contribution >= 0.6 is 15.9 Å². The minimum atomic E-state index is -1.09. The van der Waals surface area contributed by atoms with E-state index in [2.05, 4.69) is 15.9 Å². The van der Waals surface area contributed by atoms with Crippen molar-refractivity contribution in [1.29, 1.82) is 0 Å². The van der Waals surface area contributed by atoms with Crippen LogP contribution in [0.2, 0.25) is 0 Å². The van der Waals surface area contributed by atoms with Crippen LogP contribution in [0.5, 0.6) is 5.75 Å². The first-order valence-corrected chi connectivity index (χ1v) is 8.26. The SMILES string of the molecule is O=C(c1ccccc1)C(O)Br.Oc1ccccc1-c1ccccc1. The molecule has 0 radical (unpaired) electrons. The Morgan fingerprint density at radius 3 is 1.83 bits per heavy atom. The third kappa shape index (κ3) is 5.05. The van der Waals surface area contributed by atoms with Gasteiger partial charge in [0.15, 0.2) is 5.01 Å². The number of aliphatic hydroxyl groups is 1. The number of para-hydroxylation sites is 1. The van der Waals surface area contributed by atoms with Crippen LogP contribution in [-0.2, 0) is 0 Å². The van der Waals surface area contributed by atoms with E-state index in [4.69, 9.17) is 5.11 Å². The van der Waals surface area contributed by atoms with Crippen molar-refractivity contribution in [2.24, 2.45) is 0 Å². The van der Waals surface area contributed by atoms with Crippen LogP contribution in [0.1, 0.15) is 10.4 Å². The van der Waals surface area contributed by atoms with Gasteiger partial charge < -0.3 is 10.2 Å². The lowest BCUT2D eigenvalue weighted by Gasteiger charge is -2.02. The number of carbonyl (C=O) groups is 1. The van der Waals surface area contributed by atoms with Gasteiger partial charge in [0.05, 0.1) is 0 Å². The number of halogens is 1. The van der Waals surface area contributed by atoms with Gasteiger partial charge in [-0.2, -0.15) is 0 Å². The maximum Gasteiger partial charge on any atom is 0.202 e. The van der Waals surface area contributed by atoms with E-state index in [0.717, 1.165) is 11.1 Å². The number of hydrogen-bond acceptors (Lipinski definition) is 3. The van der Waals surface area contributed by atoms with Crippen molar-refractivity contribution < 1.29 is 15.0 Å². The fourth-order valence-electron chi connectivity index (χ4n) is 2.08. The number of Topliss-reactive ketones (excluding diaryl/α,β-unsaturated/α-hetero) is 1. The van der Waals surface area contributed by atoms with Crippen molar-refractivity contribution in [3.8, 4) is 16.9 Å². The zero-order valence-corrected chi connectivity index (χ0v) is 14.4. The number of aliphatic hydroxyl groups excluding tert-OH is 1. The Morgan fingerprint density at radius 1 is 0.792 bits per heavy atom. The molecule has 122 valence electrons. The van der Waals surface area contributed by atoms with Gasteiger partial charge in [0.2, 0.25) is 5.78 Å². The van der Waals surface area contributed by atoms with Crippen LogP contribution in [0.15, 0.2) is 84.9 Å². The maximum atomic E-state index is 11.0. The van der Waals surface area contributed by atoms with Crippen LogP contribution < -0.4 is 0 Å². The zero-order chi connectivity index (χ0) is 17.4. The Labute approximate surface area is 149 Å². The predicted molar refractivity (Wildman–Crippen MR) is 99.2 cm³/mol. The molecule has 2 N–H and O–H groups in total. The predicted octanol–water partition coefficient (Wildman–Crippen LogP) is 4.64.